The third kappa shape index (κ3) is 7.74. The fourth-order valence-electron chi connectivity index (χ4n) is 1.46. The molecule has 0 atom stereocenters. The highest BCUT2D eigenvalue weighted by Gasteiger charge is 1.95. The van der Waals surface area contributed by atoms with Crippen molar-refractivity contribution in [2.75, 3.05) is 19.5 Å². The fourth-order valence-corrected chi connectivity index (χ4v) is 2.49. The number of rotatable bonds is 8. The zero-order chi connectivity index (χ0) is 13.8. The minimum atomic E-state index is 0.643. The zero-order valence-electron chi connectivity index (χ0n) is 11.8. The van der Waals surface area contributed by atoms with Gasteiger partial charge in [-0.15, -0.1) is 17.5 Å². The van der Waals surface area contributed by atoms with Gasteiger partial charge in [-0.3, -0.25) is 0 Å². The van der Waals surface area contributed by atoms with Gasteiger partial charge in [0.1, 0.15) is 0 Å². The number of hydrogen-bond donors (Lipinski definition) is 0. The first-order valence-electron chi connectivity index (χ1n) is 6.66. The molecule has 19 heavy (non-hydrogen) atoms. The van der Waals surface area contributed by atoms with Gasteiger partial charge in [-0.2, -0.15) is 0 Å². The van der Waals surface area contributed by atoms with Crippen molar-refractivity contribution in [3.63, 3.8) is 0 Å². The Kier molecular flexibility index (Phi) is 8.91. The predicted molar refractivity (Wildman–Crippen MR) is 86.3 cm³/mol. The monoisotopic (exact) mass is 274 g/mol. The second-order valence-electron chi connectivity index (χ2n) is 4.14. The molecule has 0 aliphatic carbocycles. The number of unbranched alkanes of at least 4 members (excludes halogenated alkanes) is 1. The molecule has 1 nitrogen and oxygen atoms in total. The number of ether oxygens (including phenoxy) is 1. The molecule has 1 aromatic rings. The van der Waals surface area contributed by atoms with Crippen molar-refractivity contribution >= 4 is 17.8 Å². The van der Waals surface area contributed by atoms with E-state index in [9.17, 15) is 0 Å². The van der Waals surface area contributed by atoms with E-state index in [1.807, 2.05) is 42.1 Å². The summed E-state index contributed by atoms with van der Waals surface area (Å²) in [5, 5.41) is 0. The van der Waals surface area contributed by atoms with Gasteiger partial charge in [-0.1, -0.05) is 55.8 Å². The maximum Gasteiger partial charge on any atom is 0.0844 e. The molecule has 0 spiro atoms. The molecule has 102 valence electrons. The Labute approximate surface area is 121 Å². The minimum absolute atomic E-state index is 0.643. The van der Waals surface area contributed by atoms with E-state index in [1.165, 1.54) is 18.4 Å². The first kappa shape index (κ1) is 15.8. The van der Waals surface area contributed by atoms with Gasteiger partial charge in [0.15, 0.2) is 0 Å². The molecule has 2 heteroatoms. The third-order valence-corrected chi connectivity index (χ3v) is 3.56. The van der Waals surface area contributed by atoms with Crippen molar-refractivity contribution < 1.29 is 4.74 Å². The van der Waals surface area contributed by atoms with E-state index in [0.29, 0.717) is 6.61 Å². The Hall–Kier alpha value is -1.21. The second-order valence-corrected chi connectivity index (χ2v) is 5.33. The third-order valence-electron chi connectivity index (χ3n) is 2.48. The summed E-state index contributed by atoms with van der Waals surface area (Å²) in [6.07, 6.45) is 8.52. The molecule has 0 radical (unpaired) electrons. The number of hydrogen-bond acceptors (Lipinski definition) is 2. The van der Waals surface area contributed by atoms with Crippen LogP contribution in [0.3, 0.4) is 0 Å². The molecule has 0 heterocycles. The number of methoxy groups -OCH3 is 1. The smallest absolute Gasteiger partial charge is 0.0844 e. The van der Waals surface area contributed by atoms with E-state index in [2.05, 4.69) is 30.9 Å². The summed E-state index contributed by atoms with van der Waals surface area (Å²) >= 11 is 1.83. The lowest BCUT2D eigenvalue weighted by Gasteiger charge is -2.01. The number of thioether (sulfide) groups is 1. The van der Waals surface area contributed by atoms with Crippen LogP contribution in [0.25, 0.3) is 6.08 Å². The summed E-state index contributed by atoms with van der Waals surface area (Å²) in [5.41, 5.74) is 4.49. The Balaban J connectivity index is 2.56. The molecule has 0 aromatic heterocycles. The quantitative estimate of drug-likeness (QED) is 0.378. The largest absolute Gasteiger partial charge is 0.379 e. The van der Waals surface area contributed by atoms with Crippen molar-refractivity contribution in [2.45, 2.75) is 19.8 Å². The molecule has 1 rings (SSSR count). The van der Waals surface area contributed by atoms with Crippen LogP contribution in [0.5, 0.6) is 0 Å². The maximum absolute atomic E-state index is 5.19. The van der Waals surface area contributed by atoms with Crippen molar-refractivity contribution in [3.8, 4) is 0 Å². The molecule has 0 saturated heterocycles. The van der Waals surface area contributed by atoms with Crippen molar-refractivity contribution in [1.82, 2.24) is 0 Å². The minimum Gasteiger partial charge on any atom is -0.379 e. The first-order valence-corrected chi connectivity index (χ1v) is 7.64. The standard InChI is InChI=1S/C17H22OS/c1-3-4-14-19-17(15-18-2)13-9-8-12-16-10-6-5-7-11-16/h5-12H,3-4,14-15H2,1-2H3/b12-8+. The van der Waals surface area contributed by atoms with Crippen LogP contribution >= 0.6 is 11.8 Å². The summed E-state index contributed by atoms with van der Waals surface area (Å²) in [6.45, 7) is 2.85. The van der Waals surface area contributed by atoms with Crippen LogP contribution in [0.2, 0.25) is 0 Å². The topological polar surface area (TPSA) is 9.23 Å². The molecule has 0 aliphatic rings. The molecule has 1 aromatic carbocycles. The maximum atomic E-state index is 5.19. The van der Waals surface area contributed by atoms with Gasteiger partial charge in [-0.25, -0.2) is 0 Å². The average molecular weight is 274 g/mol. The van der Waals surface area contributed by atoms with Gasteiger partial charge in [-0.05, 0) is 23.8 Å². The predicted octanol–water partition coefficient (Wildman–Crippen LogP) is 4.92. The second kappa shape index (κ2) is 10.7. The van der Waals surface area contributed by atoms with Crippen LogP contribution in [-0.4, -0.2) is 19.5 Å². The SMILES string of the molecule is CCCCSC(=C=C/C=C/c1ccccc1)COC. The number of benzene rings is 1. The molecule has 0 aliphatic heterocycles. The summed E-state index contributed by atoms with van der Waals surface area (Å²) in [6, 6.07) is 10.3. The van der Waals surface area contributed by atoms with E-state index in [-0.39, 0.29) is 0 Å². The zero-order valence-corrected chi connectivity index (χ0v) is 12.6. The van der Waals surface area contributed by atoms with Gasteiger partial charge >= 0.3 is 0 Å². The summed E-state index contributed by atoms with van der Waals surface area (Å²) < 4.78 is 5.19. The normalized spacial score (nSPS) is 10.4. The van der Waals surface area contributed by atoms with Crippen molar-refractivity contribution in [2.24, 2.45) is 0 Å². The van der Waals surface area contributed by atoms with E-state index < -0.39 is 0 Å². The summed E-state index contributed by atoms with van der Waals surface area (Å²) in [5.74, 6) is 1.14. The summed E-state index contributed by atoms with van der Waals surface area (Å²) in [4.78, 5) is 1.16. The lowest BCUT2D eigenvalue weighted by molar-refractivity contribution is 0.231. The Bertz CT molecular complexity index is 428. The van der Waals surface area contributed by atoms with Gasteiger partial charge in [0.2, 0.25) is 0 Å². The van der Waals surface area contributed by atoms with E-state index >= 15 is 0 Å². The van der Waals surface area contributed by atoms with Gasteiger partial charge in [0.05, 0.1) is 11.5 Å². The van der Waals surface area contributed by atoms with E-state index in [1.54, 1.807) is 7.11 Å². The highest BCUT2D eigenvalue weighted by molar-refractivity contribution is 8.03. The molecular formula is C17H22OS. The average Bonchev–Trinajstić information content (AvgIpc) is 2.45. The molecule has 0 fully saturated rings. The van der Waals surface area contributed by atoms with E-state index in [0.717, 1.165) is 10.7 Å². The molecule has 0 saturated carbocycles. The van der Waals surface area contributed by atoms with Crippen LogP contribution in [-0.2, 0) is 4.74 Å². The first-order chi connectivity index (χ1) is 9.36. The molecule has 0 amide bonds. The Morgan fingerprint density at radius 3 is 2.79 bits per heavy atom. The van der Waals surface area contributed by atoms with Crippen LogP contribution in [0.4, 0.5) is 0 Å². The van der Waals surface area contributed by atoms with Gasteiger partial charge in [0, 0.05) is 7.11 Å². The highest BCUT2D eigenvalue weighted by atomic mass is 32.2. The van der Waals surface area contributed by atoms with Crippen molar-refractivity contribution in [1.29, 1.82) is 0 Å². The van der Waals surface area contributed by atoms with Crippen LogP contribution < -0.4 is 0 Å². The van der Waals surface area contributed by atoms with Gasteiger partial charge < -0.3 is 4.74 Å². The fraction of sp³-hybridized carbons (Fsp3) is 0.353. The highest BCUT2D eigenvalue weighted by Crippen LogP contribution is 2.16. The van der Waals surface area contributed by atoms with Crippen molar-refractivity contribution in [3.05, 3.63) is 58.7 Å². The van der Waals surface area contributed by atoms with E-state index in [4.69, 9.17) is 4.74 Å². The molecule has 0 unspecified atom stereocenters. The molecule has 0 bridgehead atoms. The Morgan fingerprint density at radius 2 is 2.11 bits per heavy atom. The van der Waals surface area contributed by atoms with Crippen LogP contribution in [0.1, 0.15) is 25.3 Å². The molecular weight excluding hydrogens is 252 g/mol. The number of allylic oxidation sites excluding steroid dienone is 1. The summed E-state index contributed by atoms with van der Waals surface area (Å²) in [7, 11) is 1.72. The van der Waals surface area contributed by atoms with Gasteiger partial charge in [0.25, 0.3) is 0 Å². The van der Waals surface area contributed by atoms with Crippen LogP contribution in [0, 0.1) is 0 Å². The van der Waals surface area contributed by atoms with Crippen LogP contribution in [0.15, 0.2) is 53.1 Å². The molecule has 0 N–H and O–H groups in total. The Morgan fingerprint density at radius 1 is 1.32 bits per heavy atom. The lowest BCUT2D eigenvalue weighted by Crippen LogP contribution is -1.90. The lowest BCUT2D eigenvalue weighted by atomic mass is 10.2.